The highest BCUT2D eigenvalue weighted by molar-refractivity contribution is 4.84. The van der Waals surface area contributed by atoms with Gasteiger partial charge in [0.1, 0.15) is 0 Å². The molecule has 0 aliphatic rings. The van der Waals surface area contributed by atoms with Crippen molar-refractivity contribution in [3.8, 4) is 0 Å². The van der Waals surface area contributed by atoms with Gasteiger partial charge in [0.05, 0.1) is 0 Å². The normalized spacial score (nSPS) is 15.9. The molecule has 0 saturated heterocycles. The van der Waals surface area contributed by atoms with E-state index in [0.717, 1.165) is 12.3 Å². The Balaban J connectivity index is 4.07. The maximum Gasteiger partial charge on any atom is 0.0154 e. The molecule has 0 bridgehead atoms. The molecule has 0 aromatic heterocycles. The van der Waals surface area contributed by atoms with E-state index >= 15 is 0 Å². The summed E-state index contributed by atoms with van der Waals surface area (Å²) in [4.78, 5) is 0. The molecule has 0 saturated carbocycles. The summed E-state index contributed by atoms with van der Waals surface area (Å²) in [6.45, 7) is 9.04. The molecule has 0 aliphatic carbocycles. The topological polar surface area (TPSA) is 26.0 Å². The van der Waals surface area contributed by atoms with E-state index in [1.54, 1.807) is 0 Å². The van der Waals surface area contributed by atoms with Gasteiger partial charge in [0.25, 0.3) is 0 Å². The molecule has 0 aliphatic heterocycles. The van der Waals surface area contributed by atoms with Gasteiger partial charge in [-0.05, 0) is 25.2 Å². The molecule has 0 fully saturated rings. The predicted octanol–water partition coefficient (Wildman–Crippen LogP) is 4.11. The van der Waals surface area contributed by atoms with E-state index in [1.165, 1.54) is 38.5 Å². The van der Waals surface area contributed by atoms with Gasteiger partial charge in [-0.1, -0.05) is 53.4 Å². The largest absolute Gasteiger partial charge is 0.325 e. The van der Waals surface area contributed by atoms with E-state index in [9.17, 15) is 0 Å². The molecule has 0 heterocycles. The summed E-state index contributed by atoms with van der Waals surface area (Å²) in [7, 11) is 0. The maximum absolute atomic E-state index is 6.44. The molecule has 0 spiro atoms. The van der Waals surface area contributed by atoms with Crippen LogP contribution in [0.25, 0.3) is 0 Å². The van der Waals surface area contributed by atoms with Crippen LogP contribution in [0, 0.1) is 5.92 Å². The minimum Gasteiger partial charge on any atom is -0.325 e. The van der Waals surface area contributed by atoms with Gasteiger partial charge in [0.2, 0.25) is 0 Å². The van der Waals surface area contributed by atoms with Crippen LogP contribution in [0.1, 0.15) is 72.6 Å². The molecular formula is C13H29N. The van der Waals surface area contributed by atoms with Gasteiger partial charge in [0, 0.05) is 5.54 Å². The lowest BCUT2D eigenvalue weighted by atomic mass is 9.80. The Kier molecular flexibility index (Phi) is 7.26. The third-order valence-electron chi connectivity index (χ3n) is 3.58. The van der Waals surface area contributed by atoms with Gasteiger partial charge < -0.3 is 5.73 Å². The minimum atomic E-state index is 0.118. The lowest BCUT2D eigenvalue weighted by Crippen LogP contribution is -2.40. The van der Waals surface area contributed by atoms with Crippen LogP contribution in [-0.2, 0) is 0 Å². The van der Waals surface area contributed by atoms with E-state index in [0.29, 0.717) is 0 Å². The number of rotatable bonds is 8. The third kappa shape index (κ3) is 4.99. The van der Waals surface area contributed by atoms with Crippen LogP contribution >= 0.6 is 0 Å². The van der Waals surface area contributed by atoms with Crippen LogP contribution in [0.15, 0.2) is 0 Å². The Bertz CT molecular complexity index is 129. The van der Waals surface area contributed by atoms with Gasteiger partial charge in [0.15, 0.2) is 0 Å². The molecular weight excluding hydrogens is 170 g/mol. The highest BCUT2D eigenvalue weighted by Crippen LogP contribution is 2.27. The van der Waals surface area contributed by atoms with Gasteiger partial charge in [-0.25, -0.2) is 0 Å². The number of unbranched alkanes of at least 4 members (excludes halogenated alkanes) is 1. The van der Waals surface area contributed by atoms with Crippen LogP contribution in [0.5, 0.6) is 0 Å². The minimum absolute atomic E-state index is 0.118. The van der Waals surface area contributed by atoms with Crippen molar-refractivity contribution in [2.45, 2.75) is 78.2 Å². The Hall–Kier alpha value is -0.0400. The zero-order valence-corrected chi connectivity index (χ0v) is 10.6. The van der Waals surface area contributed by atoms with E-state index in [2.05, 4.69) is 27.7 Å². The van der Waals surface area contributed by atoms with Crippen molar-refractivity contribution in [2.24, 2.45) is 11.7 Å². The van der Waals surface area contributed by atoms with Crippen molar-refractivity contribution < 1.29 is 0 Å². The highest BCUT2D eigenvalue weighted by Gasteiger charge is 2.24. The standard InChI is InChI=1S/C13H29N/c1-5-9-10-13(14,8-4)11-12(6-2)7-3/h12H,5-11,14H2,1-4H3. The van der Waals surface area contributed by atoms with Crippen molar-refractivity contribution in [1.29, 1.82) is 0 Å². The van der Waals surface area contributed by atoms with E-state index in [4.69, 9.17) is 5.73 Å². The van der Waals surface area contributed by atoms with Gasteiger partial charge in [-0.3, -0.25) is 0 Å². The summed E-state index contributed by atoms with van der Waals surface area (Å²) in [5, 5.41) is 0. The molecule has 0 aromatic carbocycles. The monoisotopic (exact) mass is 199 g/mol. The molecule has 1 atom stereocenters. The molecule has 86 valence electrons. The molecule has 1 nitrogen and oxygen atoms in total. The Morgan fingerprint density at radius 2 is 1.64 bits per heavy atom. The van der Waals surface area contributed by atoms with Crippen LogP contribution in [0.3, 0.4) is 0 Å². The Morgan fingerprint density at radius 1 is 1.07 bits per heavy atom. The van der Waals surface area contributed by atoms with Crippen LogP contribution < -0.4 is 5.73 Å². The van der Waals surface area contributed by atoms with Crippen LogP contribution in [0.4, 0.5) is 0 Å². The molecule has 0 amide bonds. The fourth-order valence-electron chi connectivity index (χ4n) is 2.10. The quantitative estimate of drug-likeness (QED) is 0.625. The molecule has 0 rings (SSSR count). The number of hydrogen-bond donors (Lipinski definition) is 1. The second-order valence-electron chi connectivity index (χ2n) is 4.71. The summed E-state index contributed by atoms with van der Waals surface area (Å²) >= 11 is 0. The number of hydrogen-bond acceptors (Lipinski definition) is 1. The lowest BCUT2D eigenvalue weighted by Gasteiger charge is -2.32. The SMILES string of the molecule is CCCCC(N)(CC)CC(CC)CC. The highest BCUT2D eigenvalue weighted by atomic mass is 14.7. The van der Waals surface area contributed by atoms with Crippen molar-refractivity contribution in [2.75, 3.05) is 0 Å². The summed E-state index contributed by atoms with van der Waals surface area (Å²) in [5.41, 5.74) is 6.55. The first kappa shape index (κ1) is 14.0. The van der Waals surface area contributed by atoms with Gasteiger partial charge in [-0.15, -0.1) is 0 Å². The van der Waals surface area contributed by atoms with Crippen molar-refractivity contribution in [3.63, 3.8) is 0 Å². The zero-order chi connectivity index (χ0) is 11.0. The molecule has 14 heavy (non-hydrogen) atoms. The summed E-state index contributed by atoms with van der Waals surface area (Å²) in [5.74, 6) is 0.830. The molecule has 0 aromatic rings. The van der Waals surface area contributed by atoms with Crippen molar-refractivity contribution in [1.82, 2.24) is 0 Å². The van der Waals surface area contributed by atoms with Gasteiger partial charge in [-0.2, -0.15) is 0 Å². The van der Waals surface area contributed by atoms with Gasteiger partial charge >= 0.3 is 0 Å². The van der Waals surface area contributed by atoms with Crippen LogP contribution in [0.2, 0.25) is 0 Å². The second kappa shape index (κ2) is 7.28. The maximum atomic E-state index is 6.44. The molecule has 2 N–H and O–H groups in total. The molecule has 1 heteroatoms. The Morgan fingerprint density at radius 3 is 2.00 bits per heavy atom. The molecule has 1 unspecified atom stereocenters. The first-order valence-electron chi connectivity index (χ1n) is 6.40. The molecule has 0 radical (unpaired) electrons. The lowest BCUT2D eigenvalue weighted by molar-refractivity contribution is 0.272. The smallest absolute Gasteiger partial charge is 0.0154 e. The third-order valence-corrected chi connectivity index (χ3v) is 3.58. The summed E-state index contributed by atoms with van der Waals surface area (Å²) in [6.07, 6.45) is 8.66. The predicted molar refractivity (Wildman–Crippen MR) is 65.4 cm³/mol. The first-order valence-corrected chi connectivity index (χ1v) is 6.40. The summed E-state index contributed by atoms with van der Waals surface area (Å²) in [6, 6.07) is 0. The fraction of sp³-hybridized carbons (Fsp3) is 1.00. The fourth-order valence-corrected chi connectivity index (χ4v) is 2.10. The Labute approximate surface area is 90.5 Å². The van der Waals surface area contributed by atoms with E-state index in [-0.39, 0.29) is 5.54 Å². The first-order chi connectivity index (χ1) is 6.61. The average molecular weight is 199 g/mol. The summed E-state index contributed by atoms with van der Waals surface area (Å²) < 4.78 is 0. The van der Waals surface area contributed by atoms with Crippen LogP contribution in [-0.4, -0.2) is 5.54 Å². The van der Waals surface area contributed by atoms with Crippen molar-refractivity contribution >= 4 is 0 Å². The number of nitrogens with two attached hydrogens (primary N) is 1. The second-order valence-corrected chi connectivity index (χ2v) is 4.71. The van der Waals surface area contributed by atoms with E-state index in [1.807, 2.05) is 0 Å². The zero-order valence-electron chi connectivity index (χ0n) is 10.6. The average Bonchev–Trinajstić information content (AvgIpc) is 2.23. The van der Waals surface area contributed by atoms with Crippen molar-refractivity contribution in [3.05, 3.63) is 0 Å². The van der Waals surface area contributed by atoms with E-state index < -0.39 is 0 Å².